The fourth-order valence-electron chi connectivity index (χ4n) is 3.95. The predicted octanol–water partition coefficient (Wildman–Crippen LogP) is 1.55. The largest absolute Gasteiger partial charge is 0.480 e. The Balaban J connectivity index is 1.74. The van der Waals surface area contributed by atoms with Crippen LogP contribution in [0.15, 0.2) is 0 Å². The molecule has 1 saturated carbocycles. The third-order valence-electron chi connectivity index (χ3n) is 5.80. The minimum atomic E-state index is -0.783. The molecular weight excluding hydrogens is 306 g/mol. The highest BCUT2D eigenvalue weighted by Gasteiger charge is 2.30. The number of aliphatic carboxylic acids is 1. The molecule has 0 spiro atoms. The minimum absolute atomic E-state index is 0.0841. The summed E-state index contributed by atoms with van der Waals surface area (Å²) in [6.07, 6.45) is 6.45. The molecule has 2 aliphatic rings. The van der Waals surface area contributed by atoms with Crippen LogP contribution in [0.1, 0.15) is 52.4 Å². The summed E-state index contributed by atoms with van der Waals surface area (Å²) in [6.45, 7) is 6.06. The Bertz CT molecular complexity index is 427. The number of nitrogens with zero attached hydrogens (tertiary/aromatic N) is 2. The Morgan fingerprint density at radius 1 is 1.17 bits per heavy atom. The van der Waals surface area contributed by atoms with Crippen LogP contribution in [0, 0.1) is 5.92 Å². The molecule has 1 aliphatic heterocycles. The lowest BCUT2D eigenvalue weighted by molar-refractivity contribution is -0.138. The van der Waals surface area contributed by atoms with Crippen molar-refractivity contribution in [3.63, 3.8) is 0 Å². The van der Waals surface area contributed by atoms with Crippen molar-refractivity contribution in [3.8, 4) is 0 Å². The maximum atomic E-state index is 12.5. The van der Waals surface area contributed by atoms with Crippen LogP contribution in [-0.4, -0.2) is 71.6 Å². The van der Waals surface area contributed by atoms with Crippen molar-refractivity contribution >= 4 is 11.9 Å². The van der Waals surface area contributed by atoms with E-state index < -0.39 is 5.97 Å². The van der Waals surface area contributed by atoms with Gasteiger partial charge in [-0.2, -0.15) is 0 Å². The summed E-state index contributed by atoms with van der Waals surface area (Å²) in [6, 6.07) is 0.540. The smallest absolute Gasteiger partial charge is 0.317 e. The molecule has 2 rings (SSSR count). The molecule has 6 nitrogen and oxygen atoms in total. The number of carboxylic acids is 1. The van der Waals surface area contributed by atoms with Crippen LogP contribution in [-0.2, 0) is 9.59 Å². The number of carboxylic acid groups (broad SMARTS) is 1. The minimum Gasteiger partial charge on any atom is -0.480 e. The second kappa shape index (κ2) is 8.81. The first-order valence-electron chi connectivity index (χ1n) is 9.33. The number of amides is 1. The van der Waals surface area contributed by atoms with E-state index in [1.807, 2.05) is 18.9 Å². The molecule has 2 N–H and O–H groups in total. The van der Waals surface area contributed by atoms with Gasteiger partial charge in [-0.25, -0.2) is 0 Å². The van der Waals surface area contributed by atoms with Crippen molar-refractivity contribution in [2.75, 3.05) is 26.7 Å². The standard InChI is InChI=1S/C18H33N3O3/c1-13-4-6-15(7-5-13)19-18(24)14(2)21-10-8-16(9-11-21)20(3)12-17(22)23/h13-16H,4-12H2,1-3H3,(H,19,24)(H,22,23). The highest BCUT2D eigenvalue weighted by atomic mass is 16.4. The first kappa shape index (κ1) is 19.2. The molecule has 138 valence electrons. The predicted molar refractivity (Wildman–Crippen MR) is 93.9 cm³/mol. The molecular formula is C18H33N3O3. The topological polar surface area (TPSA) is 72.9 Å². The zero-order valence-corrected chi connectivity index (χ0v) is 15.3. The van der Waals surface area contributed by atoms with E-state index in [9.17, 15) is 9.59 Å². The molecule has 1 unspecified atom stereocenters. The molecule has 24 heavy (non-hydrogen) atoms. The van der Waals surface area contributed by atoms with Crippen LogP contribution in [0.4, 0.5) is 0 Å². The third-order valence-corrected chi connectivity index (χ3v) is 5.80. The number of hydrogen-bond acceptors (Lipinski definition) is 4. The molecule has 0 aromatic carbocycles. The van der Waals surface area contributed by atoms with Gasteiger partial charge in [-0.15, -0.1) is 0 Å². The summed E-state index contributed by atoms with van der Waals surface area (Å²) in [7, 11) is 1.87. The van der Waals surface area contributed by atoms with Gasteiger partial charge in [-0.3, -0.25) is 19.4 Å². The lowest BCUT2D eigenvalue weighted by atomic mass is 9.87. The highest BCUT2D eigenvalue weighted by Crippen LogP contribution is 2.24. The van der Waals surface area contributed by atoms with Gasteiger partial charge in [0.1, 0.15) is 0 Å². The Morgan fingerprint density at radius 3 is 2.29 bits per heavy atom. The summed E-state index contributed by atoms with van der Waals surface area (Å²) < 4.78 is 0. The third kappa shape index (κ3) is 5.45. The van der Waals surface area contributed by atoms with Crippen LogP contribution in [0.2, 0.25) is 0 Å². The van der Waals surface area contributed by atoms with Crippen molar-refractivity contribution in [1.82, 2.24) is 15.1 Å². The zero-order chi connectivity index (χ0) is 17.7. The molecule has 0 aromatic heterocycles. The molecule has 1 amide bonds. The number of piperidine rings is 1. The summed E-state index contributed by atoms with van der Waals surface area (Å²) in [5.41, 5.74) is 0. The van der Waals surface area contributed by atoms with Gasteiger partial charge >= 0.3 is 5.97 Å². The Hall–Kier alpha value is -1.14. The zero-order valence-electron chi connectivity index (χ0n) is 15.3. The summed E-state index contributed by atoms with van der Waals surface area (Å²) in [5.74, 6) is 0.152. The average Bonchev–Trinajstić information content (AvgIpc) is 2.55. The van der Waals surface area contributed by atoms with Crippen LogP contribution in [0.5, 0.6) is 0 Å². The lowest BCUT2D eigenvalue weighted by Crippen LogP contribution is -2.53. The van der Waals surface area contributed by atoms with Gasteiger partial charge in [0, 0.05) is 25.2 Å². The van der Waals surface area contributed by atoms with Gasteiger partial charge in [0.2, 0.25) is 5.91 Å². The molecule has 1 atom stereocenters. The number of carbonyl (C=O) groups excluding carboxylic acids is 1. The maximum absolute atomic E-state index is 12.5. The SMILES string of the molecule is CC1CCC(NC(=O)C(C)N2CCC(N(C)CC(=O)O)CC2)CC1. The second-order valence-electron chi connectivity index (χ2n) is 7.72. The summed E-state index contributed by atoms with van der Waals surface area (Å²) in [4.78, 5) is 27.5. The highest BCUT2D eigenvalue weighted by molar-refractivity contribution is 5.81. The van der Waals surface area contributed by atoms with Crippen LogP contribution in [0.3, 0.4) is 0 Å². The van der Waals surface area contributed by atoms with E-state index >= 15 is 0 Å². The monoisotopic (exact) mass is 339 g/mol. The number of hydrogen-bond donors (Lipinski definition) is 2. The lowest BCUT2D eigenvalue weighted by Gasteiger charge is -2.39. The normalized spacial score (nSPS) is 27.8. The summed E-state index contributed by atoms with van der Waals surface area (Å²) in [5, 5.41) is 12.1. The first-order valence-corrected chi connectivity index (χ1v) is 9.33. The van der Waals surface area contributed by atoms with Crippen LogP contribution in [0.25, 0.3) is 0 Å². The van der Waals surface area contributed by atoms with E-state index in [-0.39, 0.29) is 18.5 Å². The molecule has 0 radical (unpaired) electrons. The number of likely N-dealkylation sites (N-methyl/N-ethyl adjacent to an activating group) is 1. The Morgan fingerprint density at radius 2 is 1.75 bits per heavy atom. The van der Waals surface area contributed by atoms with Gasteiger partial charge in [-0.05, 0) is 58.4 Å². The number of likely N-dealkylation sites (tertiary alicyclic amines) is 1. The quantitative estimate of drug-likeness (QED) is 0.768. The Labute approximate surface area is 145 Å². The van der Waals surface area contributed by atoms with Crippen molar-refractivity contribution in [1.29, 1.82) is 0 Å². The van der Waals surface area contributed by atoms with Crippen molar-refractivity contribution in [2.24, 2.45) is 5.92 Å². The summed E-state index contributed by atoms with van der Waals surface area (Å²) >= 11 is 0. The molecule has 0 bridgehead atoms. The van der Waals surface area contributed by atoms with Gasteiger partial charge in [0.25, 0.3) is 0 Å². The maximum Gasteiger partial charge on any atom is 0.317 e. The van der Waals surface area contributed by atoms with E-state index in [0.29, 0.717) is 12.1 Å². The van der Waals surface area contributed by atoms with Gasteiger partial charge < -0.3 is 10.4 Å². The molecule has 2 fully saturated rings. The molecule has 0 aromatic rings. The van der Waals surface area contributed by atoms with Crippen molar-refractivity contribution in [3.05, 3.63) is 0 Å². The Kier molecular flexibility index (Phi) is 7.04. The van der Waals surface area contributed by atoms with Gasteiger partial charge in [0.05, 0.1) is 12.6 Å². The number of carbonyl (C=O) groups is 2. The van der Waals surface area contributed by atoms with Crippen LogP contribution < -0.4 is 5.32 Å². The molecule has 1 heterocycles. The number of nitrogens with one attached hydrogen (secondary N) is 1. The number of rotatable bonds is 6. The van der Waals surface area contributed by atoms with Crippen molar-refractivity contribution in [2.45, 2.75) is 70.5 Å². The fourth-order valence-corrected chi connectivity index (χ4v) is 3.95. The fraction of sp³-hybridized carbons (Fsp3) is 0.889. The molecule has 1 saturated heterocycles. The molecule has 6 heteroatoms. The van der Waals surface area contributed by atoms with Gasteiger partial charge in [-0.1, -0.05) is 6.92 Å². The molecule has 1 aliphatic carbocycles. The van der Waals surface area contributed by atoms with Crippen molar-refractivity contribution < 1.29 is 14.7 Å². The van der Waals surface area contributed by atoms with E-state index in [1.54, 1.807) is 0 Å². The van der Waals surface area contributed by atoms with Gasteiger partial charge in [0.15, 0.2) is 0 Å². The van der Waals surface area contributed by atoms with E-state index in [4.69, 9.17) is 5.11 Å². The first-order chi connectivity index (χ1) is 11.4. The average molecular weight is 339 g/mol. The van der Waals surface area contributed by atoms with E-state index in [0.717, 1.165) is 44.7 Å². The van der Waals surface area contributed by atoms with Crippen LogP contribution >= 0.6 is 0 Å². The second-order valence-corrected chi connectivity index (χ2v) is 7.72. The van der Waals surface area contributed by atoms with E-state index in [1.165, 1.54) is 12.8 Å². The van der Waals surface area contributed by atoms with E-state index in [2.05, 4.69) is 17.1 Å².